The Bertz CT molecular complexity index is 1460. The number of fused-ring (bicyclic) bond motifs is 2. The van der Waals surface area contributed by atoms with Crippen molar-refractivity contribution in [2.75, 3.05) is 24.6 Å². The monoisotopic (exact) mass is 518 g/mol. The number of rotatable bonds is 6. The van der Waals surface area contributed by atoms with Crippen LogP contribution in [0.4, 0.5) is 10.5 Å². The number of hydrogen-bond acceptors (Lipinski definition) is 7. The van der Waals surface area contributed by atoms with Crippen molar-refractivity contribution in [3.63, 3.8) is 0 Å². The highest BCUT2D eigenvalue weighted by molar-refractivity contribution is 5.92. The molecule has 0 saturated carbocycles. The van der Waals surface area contributed by atoms with Crippen molar-refractivity contribution < 1.29 is 20.1 Å². The Morgan fingerprint density at radius 2 is 1.89 bits per heavy atom. The van der Waals surface area contributed by atoms with E-state index in [1.165, 1.54) is 0 Å². The second-order valence-electron chi connectivity index (χ2n) is 11.1. The van der Waals surface area contributed by atoms with Gasteiger partial charge in [0, 0.05) is 30.7 Å². The van der Waals surface area contributed by atoms with E-state index >= 15 is 0 Å². The number of nitrogens with zero attached hydrogens (tertiary/aromatic N) is 5. The summed E-state index contributed by atoms with van der Waals surface area (Å²) < 4.78 is 1.82. The van der Waals surface area contributed by atoms with Crippen molar-refractivity contribution in [3.8, 4) is 11.5 Å². The summed E-state index contributed by atoms with van der Waals surface area (Å²) in [7, 11) is 0. The third-order valence-corrected chi connectivity index (χ3v) is 7.48. The predicted molar refractivity (Wildman–Crippen MR) is 145 cm³/mol. The van der Waals surface area contributed by atoms with E-state index < -0.39 is 12.2 Å². The summed E-state index contributed by atoms with van der Waals surface area (Å²) in [5.41, 5.74) is 3.57. The maximum Gasteiger partial charge on any atom is 0.404 e. The summed E-state index contributed by atoms with van der Waals surface area (Å²) >= 11 is 0. The first-order valence-electron chi connectivity index (χ1n) is 12.9. The van der Waals surface area contributed by atoms with Crippen molar-refractivity contribution in [2.24, 2.45) is 11.3 Å². The third-order valence-electron chi connectivity index (χ3n) is 7.48. The molecule has 1 fully saturated rings. The van der Waals surface area contributed by atoms with E-state index in [0.29, 0.717) is 22.7 Å². The highest BCUT2D eigenvalue weighted by atomic mass is 16.4. The van der Waals surface area contributed by atoms with Crippen LogP contribution >= 0.6 is 0 Å². The van der Waals surface area contributed by atoms with Gasteiger partial charge in [-0.25, -0.2) is 9.78 Å². The highest BCUT2D eigenvalue weighted by Crippen LogP contribution is 2.35. The second-order valence-corrected chi connectivity index (χ2v) is 11.1. The van der Waals surface area contributed by atoms with Crippen LogP contribution in [-0.4, -0.2) is 66.7 Å². The summed E-state index contributed by atoms with van der Waals surface area (Å²) in [5.74, 6) is 0.852. The van der Waals surface area contributed by atoms with Crippen LogP contribution in [-0.2, 0) is 0 Å². The minimum atomic E-state index is -0.972. The third kappa shape index (κ3) is 5.01. The molecule has 1 aromatic carbocycles. The number of anilines is 1. The van der Waals surface area contributed by atoms with Crippen LogP contribution in [0.1, 0.15) is 45.3 Å². The van der Waals surface area contributed by atoms with E-state index in [1.54, 1.807) is 18.3 Å². The minimum absolute atomic E-state index is 0.111. The number of nitrogens with one attached hydrogen (secondary N) is 1. The number of carboxylic acid groups (broad SMARTS) is 1. The normalized spacial score (nSPS) is 16.6. The first kappa shape index (κ1) is 25.9. The van der Waals surface area contributed by atoms with Crippen molar-refractivity contribution in [2.45, 2.75) is 45.8 Å². The van der Waals surface area contributed by atoms with Gasteiger partial charge in [0.2, 0.25) is 0 Å². The Balaban J connectivity index is 1.43. The number of piperidine rings is 1. The number of hydrogen-bond donors (Lipinski definition) is 4. The average molecular weight is 519 g/mol. The van der Waals surface area contributed by atoms with Crippen LogP contribution in [0.25, 0.3) is 28.1 Å². The van der Waals surface area contributed by atoms with Gasteiger partial charge in [-0.1, -0.05) is 39.0 Å². The number of amides is 1. The molecule has 0 spiro atoms. The summed E-state index contributed by atoms with van der Waals surface area (Å²) in [5, 5.41) is 41.0. The van der Waals surface area contributed by atoms with Gasteiger partial charge in [-0.3, -0.25) is 4.40 Å². The molecule has 4 N–H and O–H groups in total. The molecule has 1 aliphatic heterocycles. The van der Waals surface area contributed by atoms with Crippen LogP contribution in [0.3, 0.4) is 0 Å². The predicted octanol–water partition coefficient (Wildman–Crippen LogP) is 3.87. The van der Waals surface area contributed by atoms with E-state index in [1.807, 2.05) is 28.7 Å². The lowest BCUT2D eigenvalue weighted by molar-refractivity contribution is 0.0956. The number of aliphatic hydroxyl groups is 2. The Labute approximate surface area is 221 Å². The molecule has 3 aromatic heterocycles. The van der Waals surface area contributed by atoms with E-state index in [0.717, 1.165) is 42.5 Å². The lowest BCUT2D eigenvalue weighted by Crippen LogP contribution is -2.51. The molecule has 1 amide bonds. The number of pyridine rings is 2. The number of aromatic nitrogens is 4. The van der Waals surface area contributed by atoms with Crippen LogP contribution < -0.4 is 10.2 Å². The number of carbonyl (C=O) groups is 1. The molecule has 200 valence electrons. The van der Waals surface area contributed by atoms with Gasteiger partial charge in [-0.15, -0.1) is 10.2 Å². The van der Waals surface area contributed by atoms with Crippen molar-refractivity contribution in [1.82, 2.24) is 24.9 Å². The zero-order valence-electron chi connectivity index (χ0n) is 21.9. The summed E-state index contributed by atoms with van der Waals surface area (Å²) in [6.45, 7) is 7.51. The van der Waals surface area contributed by atoms with Crippen molar-refractivity contribution >= 4 is 28.3 Å². The summed E-state index contributed by atoms with van der Waals surface area (Å²) in [6.07, 6.45) is 1.60. The van der Waals surface area contributed by atoms with Gasteiger partial charge in [0.05, 0.1) is 17.8 Å². The quantitative estimate of drug-likeness (QED) is 0.302. The molecule has 38 heavy (non-hydrogen) atoms. The van der Waals surface area contributed by atoms with E-state index in [4.69, 9.17) is 4.98 Å². The fraction of sp³-hybridized carbons (Fsp3) is 0.429. The first-order chi connectivity index (χ1) is 18.2. The highest BCUT2D eigenvalue weighted by Gasteiger charge is 2.35. The Morgan fingerprint density at radius 1 is 1.13 bits per heavy atom. The topological polar surface area (TPSA) is 136 Å². The molecule has 4 aromatic rings. The SMILES string of the molecule is CC(C)(C)C(NC(=O)O)C1CCN(c2cccc3ccc(-c4nnc5cc(C(O)CO)ccn45)nc23)CC1. The van der Waals surface area contributed by atoms with E-state index in [-0.39, 0.29) is 24.0 Å². The van der Waals surface area contributed by atoms with Gasteiger partial charge in [-0.2, -0.15) is 0 Å². The van der Waals surface area contributed by atoms with Crippen LogP contribution in [0.5, 0.6) is 0 Å². The molecule has 2 atom stereocenters. The molecule has 0 aliphatic carbocycles. The molecule has 0 radical (unpaired) electrons. The lowest BCUT2D eigenvalue weighted by Gasteiger charge is -2.42. The fourth-order valence-electron chi connectivity index (χ4n) is 5.55. The number of benzene rings is 1. The lowest BCUT2D eigenvalue weighted by atomic mass is 9.75. The Morgan fingerprint density at radius 3 is 2.58 bits per heavy atom. The molecule has 5 rings (SSSR count). The summed E-state index contributed by atoms with van der Waals surface area (Å²) in [4.78, 5) is 18.8. The number of aliphatic hydroxyl groups excluding tert-OH is 2. The molecule has 0 bridgehead atoms. The Hall–Kier alpha value is -3.76. The molecule has 4 heterocycles. The van der Waals surface area contributed by atoms with Gasteiger partial charge in [0.15, 0.2) is 11.5 Å². The summed E-state index contributed by atoms with van der Waals surface area (Å²) in [6, 6.07) is 13.5. The standard InChI is InChI=1S/C28H34N6O4/c1-28(2,3)25(30-27(37)38)18-9-12-33(13-10-18)21-6-4-5-17-7-8-20(29-24(17)21)26-32-31-23-15-19(22(36)16-35)11-14-34(23)26/h4-8,11,14-15,18,22,25,30,35-36H,9-10,12-13,16H2,1-3H3,(H,37,38). The molecule has 1 saturated heterocycles. The van der Waals surface area contributed by atoms with Gasteiger partial charge < -0.3 is 25.5 Å². The van der Waals surface area contributed by atoms with E-state index in [2.05, 4.69) is 47.3 Å². The largest absolute Gasteiger partial charge is 0.465 e. The van der Waals surface area contributed by atoms with Gasteiger partial charge >= 0.3 is 6.09 Å². The molecular weight excluding hydrogens is 484 g/mol. The zero-order chi connectivity index (χ0) is 27.0. The molecular formula is C28H34N6O4. The fourth-order valence-corrected chi connectivity index (χ4v) is 5.55. The maximum atomic E-state index is 11.4. The van der Waals surface area contributed by atoms with Crippen molar-refractivity contribution in [3.05, 3.63) is 54.2 Å². The number of para-hydroxylation sites is 1. The van der Waals surface area contributed by atoms with Gasteiger partial charge in [0.25, 0.3) is 0 Å². The Kier molecular flexibility index (Phi) is 6.93. The van der Waals surface area contributed by atoms with Crippen LogP contribution in [0.2, 0.25) is 0 Å². The smallest absolute Gasteiger partial charge is 0.404 e. The van der Waals surface area contributed by atoms with Crippen LogP contribution in [0, 0.1) is 11.3 Å². The maximum absolute atomic E-state index is 11.4. The average Bonchev–Trinajstić information content (AvgIpc) is 3.33. The molecule has 10 heteroatoms. The molecule has 1 aliphatic rings. The van der Waals surface area contributed by atoms with E-state index in [9.17, 15) is 20.1 Å². The first-order valence-corrected chi connectivity index (χ1v) is 12.9. The zero-order valence-corrected chi connectivity index (χ0v) is 21.9. The second kappa shape index (κ2) is 10.2. The van der Waals surface area contributed by atoms with Gasteiger partial charge in [0.1, 0.15) is 11.8 Å². The van der Waals surface area contributed by atoms with Gasteiger partial charge in [-0.05, 0) is 54.0 Å². The minimum Gasteiger partial charge on any atom is -0.465 e. The van der Waals surface area contributed by atoms with Crippen molar-refractivity contribution in [1.29, 1.82) is 0 Å². The molecule has 2 unspecified atom stereocenters. The van der Waals surface area contributed by atoms with Crippen LogP contribution in [0.15, 0.2) is 48.7 Å². The molecule has 10 nitrogen and oxygen atoms in total.